The SMILES string of the molecule is COc1ccc(-c2sccc2CN)cc1F. The molecule has 2 rings (SSSR count). The lowest BCUT2D eigenvalue weighted by Crippen LogP contribution is -1.96. The molecule has 0 saturated carbocycles. The topological polar surface area (TPSA) is 35.2 Å². The van der Waals surface area contributed by atoms with E-state index in [1.165, 1.54) is 13.2 Å². The predicted molar refractivity (Wildman–Crippen MR) is 64.2 cm³/mol. The second kappa shape index (κ2) is 4.63. The maximum Gasteiger partial charge on any atom is 0.165 e. The van der Waals surface area contributed by atoms with Gasteiger partial charge in [-0.05, 0) is 40.8 Å². The van der Waals surface area contributed by atoms with Crippen molar-refractivity contribution in [1.29, 1.82) is 0 Å². The minimum atomic E-state index is -0.351. The lowest BCUT2D eigenvalue weighted by atomic mass is 10.1. The van der Waals surface area contributed by atoms with E-state index in [4.69, 9.17) is 10.5 Å². The van der Waals surface area contributed by atoms with Crippen LogP contribution in [0.2, 0.25) is 0 Å². The molecule has 0 saturated heterocycles. The molecule has 0 amide bonds. The Morgan fingerprint density at radius 1 is 1.38 bits per heavy atom. The molecule has 1 heterocycles. The van der Waals surface area contributed by atoms with E-state index in [1.807, 2.05) is 17.5 Å². The molecule has 2 aromatic rings. The van der Waals surface area contributed by atoms with E-state index >= 15 is 0 Å². The molecule has 0 radical (unpaired) electrons. The number of rotatable bonds is 3. The summed E-state index contributed by atoms with van der Waals surface area (Å²) in [5.74, 6) is -0.0917. The highest BCUT2D eigenvalue weighted by Gasteiger charge is 2.09. The van der Waals surface area contributed by atoms with Crippen LogP contribution in [-0.2, 0) is 6.54 Å². The third-order valence-corrected chi connectivity index (χ3v) is 3.39. The second-order valence-electron chi connectivity index (χ2n) is 3.33. The Morgan fingerprint density at radius 2 is 2.19 bits per heavy atom. The molecule has 16 heavy (non-hydrogen) atoms. The number of ether oxygens (including phenoxy) is 1. The number of hydrogen-bond acceptors (Lipinski definition) is 3. The van der Waals surface area contributed by atoms with Crippen molar-refractivity contribution in [3.8, 4) is 16.2 Å². The lowest BCUT2D eigenvalue weighted by Gasteiger charge is -2.05. The fourth-order valence-electron chi connectivity index (χ4n) is 1.56. The lowest BCUT2D eigenvalue weighted by molar-refractivity contribution is 0.386. The van der Waals surface area contributed by atoms with Crippen LogP contribution in [-0.4, -0.2) is 7.11 Å². The number of methoxy groups -OCH3 is 1. The molecule has 0 aliphatic heterocycles. The van der Waals surface area contributed by atoms with Crippen LogP contribution >= 0.6 is 11.3 Å². The maximum absolute atomic E-state index is 13.5. The molecule has 0 spiro atoms. The number of hydrogen-bond donors (Lipinski definition) is 1. The quantitative estimate of drug-likeness (QED) is 0.890. The van der Waals surface area contributed by atoms with Gasteiger partial charge in [0.05, 0.1) is 7.11 Å². The highest BCUT2D eigenvalue weighted by atomic mass is 32.1. The number of halogens is 1. The van der Waals surface area contributed by atoms with Crippen molar-refractivity contribution in [2.24, 2.45) is 5.73 Å². The van der Waals surface area contributed by atoms with Gasteiger partial charge in [-0.1, -0.05) is 0 Å². The molecule has 0 fully saturated rings. The first-order chi connectivity index (χ1) is 7.76. The van der Waals surface area contributed by atoms with Gasteiger partial charge in [0.1, 0.15) is 0 Å². The van der Waals surface area contributed by atoms with Crippen molar-refractivity contribution >= 4 is 11.3 Å². The molecule has 0 atom stereocenters. The Morgan fingerprint density at radius 3 is 2.81 bits per heavy atom. The summed E-state index contributed by atoms with van der Waals surface area (Å²) in [6, 6.07) is 6.91. The fourth-order valence-corrected chi connectivity index (χ4v) is 2.49. The zero-order valence-corrected chi connectivity index (χ0v) is 9.68. The molecule has 0 aliphatic rings. The molecule has 2 nitrogen and oxygen atoms in total. The van der Waals surface area contributed by atoms with Crippen LogP contribution in [0.15, 0.2) is 29.6 Å². The van der Waals surface area contributed by atoms with Gasteiger partial charge < -0.3 is 10.5 Å². The molecule has 0 bridgehead atoms. The third kappa shape index (κ3) is 1.94. The molecule has 0 aliphatic carbocycles. The predicted octanol–water partition coefficient (Wildman–Crippen LogP) is 3.02. The van der Waals surface area contributed by atoms with Crippen LogP contribution in [0.1, 0.15) is 5.56 Å². The monoisotopic (exact) mass is 237 g/mol. The summed E-state index contributed by atoms with van der Waals surface area (Å²) in [6.45, 7) is 0.465. The van der Waals surface area contributed by atoms with E-state index in [9.17, 15) is 4.39 Å². The smallest absolute Gasteiger partial charge is 0.165 e. The van der Waals surface area contributed by atoms with E-state index in [0.717, 1.165) is 16.0 Å². The van der Waals surface area contributed by atoms with Crippen molar-refractivity contribution in [2.75, 3.05) is 7.11 Å². The number of benzene rings is 1. The van der Waals surface area contributed by atoms with Gasteiger partial charge in [0.15, 0.2) is 11.6 Å². The van der Waals surface area contributed by atoms with Gasteiger partial charge in [0.25, 0.3) is 0 Å². The first-order valence-corrected chi connectivity index (χ1v) is 5.74. The summed E-state index contributed by atoms with van der Waals surface area (Å²) in [4.78, 5) is 1.02. The van der Waals surface area contributed by atoms with Gasteiger partial charge in [-0.3, -0.25) is 0 Å². The highest BCUT2D eigenvalue weighted by molar-refractivity contribution is 7.13. The van der Waals surface area contributed by atoms with Crippen molar-refractivity contribution in [1.82, 2.24) is 0 Å². The van der Waals surface area contributed by atoms with E-state index < -0.39 is 0 Å². The van der Waals surface area contributed by atoms with Crippen LogP contribution < -0.4 is 10.5 Å². The summed E-state index contributed by atoms with van der Waals surface area (Å²) >= 11 is 1.56. The zero-order valence-electron chi connectivity index (χ0n) is 8.87. The molecular formula is C12H12FNOS. The Balaban J connectivity index is 2.45. The summed E-state index contributed by atoms with van der Waals surface area (Å²) in [7, 11) is 1.45. The average molecular weight is 237 g/mol. The van der Waals surface area contributed by atoms with Gasteiger partial charge >= 0.3 is 0 Å². The van der Waals surface area contributed by atoms with E-state index in [0.29, 0.717) is 6.54 Å². The highest BCUT2D eigenvalue weighted by Crippen LogP contribution is 2.31. The van der Waals surface area contributed by atoms with E-state index in [2.05, 4.69) is 0 Å². The first kappa shape index (κ1) is 11.1. The van der Waals surface area contributed by atoms with Crippen molar-refractivity contribution in [3.63, 3.8) is 0 Å². The normalized spacial score (nSPS) is 10.4. The minimum absolute atomic E-state index is 0.259. The van der Waals surface area contributed by atoms with E-state index in [1.54, 1.807) is 17.4 Å². The standard InChI is InChI=1S/C12H12FNOS/c1-15-11-3-2-8(6-10(11)13)12-9(7-14)4-5-16-12/h2-6H,7,14H2,1H3. The Labute approximate surface area is 97.5 Å². The van der Waals surface area contributed by atoms with Gasteiger partial charge in [-0.15, -0.1) is 11.3 Å². The van der Waals surface area contributed by atoms with Crippen LogP contribution in [0.25, 0.3) is 10.4 Å². The molecule has 1 aromatic carbocycles. The number of thiophene rings is 1. The molecule has 4 heteroatoms. The van der Waals surface area contributed by atoms with Crippen LogP contribution in [0.5, 0.6) is 5.75 Å². The minimum Gasteiger partial charge on any atom is -0.494 e. The average Bonchev–Trinajstić information content (AvgIpc) is 2.77. The van der Waals surface area contributed by atoms with Gasteiger partial charge in [0, 0.05) is 11.4 Å². The van der Waals surface area contributed by atoms with Gasteiger partial charge in [-0.25, -0.2) is 4.39 Å². The molecule has 1 aromatic heterocycles. The fraction of sp³-hybridized carbons (Fsp3) is 0.167. The maximum atomic E-state index is 13.5. The van der Waals surface area contributed by atoms with Crippen LogP contribution in [0.3, 0.4) is 0 Å². The molecule has 2 N–H and O–H groups in total. The van der Waals surface area contributed by atoms with Crippen molar-refractivity contribution in [2.45, 2.75) is 6.54 Å². The molecular weight excluding hydrogens is 225 g/mol. The first-order valence-electron chi connectivity index (χ1n) is 4.86. The largest absolute Gasteiger partial charge is 0.494 e. The number of nitrogens with two attached hydrogens (primary N) is 1. The van der Waals surface area contributed by atoms with Crippen molar-refractivity contribution in [3.05, 3.63) is 41.0 Å². The van der Waals surface area contributed by atoms with Gasteiger partial charge in [-0.2, -0.15) is 0 Å². The van der Waals surface area contributed by atoms with Crippen LogP contribution in [0, 0.1) is 5.82 Å². The summed E-state index contributed by atoms with van der Waals surface area (Å²) in [5, 5.41) is 1.96. The second-order valence-corrected chi connectivity index (χ2v) is 4.24. The Hall–Kier alpha value is -1.39. The summed E-state index contributed by atoms with van der Waals surface area (Å²) in [5.41, 5.74) is 7.49. The van der Waals surface area contributed by atoms with Crippen molar-refractivity contribution < 1.29 is 9.13 Å². The Kier molecular flexibility index (Phi) is 3.22. The summed E-state index contributed by atoms with van der Waals surface area (Å²) < 4.78 is 18.4. The van der Waals surface area contributed by atoms with Crippen LogP contribution in [0.4, 0.5) is 4.39 Å². The summed E-state index contributed by atoms with van der Waals surface area (Å²) in [6.07, 6.45) is 0. The van der Waals surface area contributed by atoms with E-state index in [-0.39, 0.29) is 11.6 Å². The van der Waals surface area contributed by atoms with Gasteiger partial charge in [0.2, 0.25) is 0 Å². The molecule has 84 valence electrons. The Bertz CT molecular complexity index is 496. The third-order valence-electron chi connectivity index (χ3n) is 2.38. The molecule has 0 unspecified atom stereocenters. The zero-order chi connectivity index (χ0) is 11.5.